The molecule has 2 heterocycles. The number of aromatic nitrogens is 3. The Kier molecular flexibility index (Phi) is 6.19. The number of benzene rings is 2. The summed E-state index contributed by atoms with van der Waals surface area (Å²) in [6.07, 6.45) is 5.72. The summed E-state index contributed by atoms with van der Waals surface area (Å²) in [6.45, 7) is 0.651. The van der Waals surface area contributed by atoms with Gasteiger partial charge in [0.05, 0.1) is 11.1 Å². The highest BCUT2D eigenvalue weighted by atomic mass is 79.9. The van der Waals surface area contributed by atoms with Crippen LogP contribution in [0, 0.1) is 11.7 Å². The summed E-state index contributed by atoms with van der Waals surface area (Å²) in [4.78, 5) is 16.5. The van der Waals surface area contributed by atoms with Gasteiger partial charge in [-0.3, -0.25) is 0 Å². The van der Waals surface area contributed by atoms with Crippen molar-refractivity contribution in [3.63, 3.8) is 0 Å². The number of hydrogen-bond donors (Lipinski definition) is 2. The van der Waals surface area contributed by atoms with E-state index in [4.69, 9.17) is 4.74 Å². The molecule has 1 atom stereocenters. The lowest BCUT2D eigenvalue weighted by atomic mass is 10.0. The van der Waals surface area contributed by atoms with Gasteiger partial charge >= 0.3 is 5.97 Å². The summed E-state index contributed by atoms with van der Waals surface area (Å²) in [7, 11) is 0. The first-order chi connectivity index (χ1) is 16.5. The maximum absolute atomic E-state index is 13.4. The van der Waals surface area contributed by atoms with Gasteiger partial charge in [0.15, 0.2) is 5.82 Å². The molecular weight excluding hydrogens is 503 g/mol. The minimum absolute atomic E-state index is 0.218. The molecule has 0 bridgehead atoms. The minimum atomic E-state index is -1.00. The Balaban J connectivity index is 1.44. The highest BCUT2D eigenvalue weighted by Crippen LogP contribution is 2.36. The third kappa shape index (κ3) is 4.75. The Morgan fingerprint density at radius 2 is 2.00 bits per heavy atom. The number of nitrogens with one attached hydrogen (secondary N) is 1. The molecule has 4 aromatic rings. The van der Waals surface area contributed by atoms with E-state index in [1.807, 2.05) is 24.3 Å². The molecule has 9 heteroatoms. The zero-order valence-corrected chi connectivity index (χ0v) is 19.7. The van der Waals surface area contributed by atoms with E-state index < -0.39 is 12.0 Å². The van der Waals surface area contributed by atoms with Crippen LogP contribution >= 0.6 is 15.9 Å². The van der Waals surface area contributed by atoms with Gasteiger partial charge in [-0.1, -0.05) is 30.3 Å². The van der Waals surface area contributed by atoms with Crippen molar-refractivity contribution in [1.29, 1.82) is 0 Å². The third-order valence-electron chi connectivity index (χ3n) is 5.84. The highest BCUT2D eigenvalue weighted by Gasteiger charge is 2.25. The number of carbonyl (C=O) groups is 1. The van der Waals surface area contributed by atoms with E-state index in [0.29, 0.717) is 34.1 Å². The summed E-state index contributed by atoms with van der Waals surface area (Å²) >= 11 is 3.60. The number of aliphatic carboxylic acids is 1. The van der Waals surface area contributed by atoms with Crippen molar-refractivity contribution in [1.82, 2.24) is 14.6 Å². The first-order valence-corrected chi connectivity index (χ1v) is 11.8. The number of para-hydroxylation sites is 1. The fourth-order valence-corrected chi connectivity index (χ4v) is 4.50. The maximum Gasteiger partial charge on any atom is 0.326 e. The van der Waals surface area contributed by atoms with E-state index in [2.05, 4.69) is 31.3 Å². The van der Waals surface area contributed by atoms with E-state index in [9.17, 15) is 14.3 Å². The predicted octanol–water partition coefficient (Wildman–Crippen LogP) is 5.19. The molecule has 1 fully saturated rings. The minimum Gasteiger partial charge on any atom is -0.493 e. The van der Waals surface area contributed by atoms with E-state index in [-0.39, 0.29) is 12.2 Å². The van der Waals surface area contributed by atoms with Crippen LogP contribution in [-0.4, -0.2) is 38.3 Å². The Morgan fingerprint density at radius 3 is 2.74 bits per heavy atom. The fraction of sp³-hybridized carbons (Fsp3) is 0.240. The van der Waals surface area contributed by atoms with E-state index in [1.165, 1.54) is 31.3 Å². The average Bonchev–Trinajstić information content (AvgIpc) is 3.60. The van der Waals surface area contributed by atoms with Crippen LogP contribution in [0.15, 0.2) is 65.5 Å². The lowest BCUT2D eigenvalue weighted by Crippen LogP contribution is -2.32. The largest absolute Gasteiger partial charge is 0.493 e. The summed E-state index contributed by atoms with van der Waals surface area (Å²) in [5, 5.41) is 17.3. The van der Waals surface area contributed by atoms with Crippen molar-refractivity contribution in [3.8, 4) is 16.9 Å². The number of rotatable bonds is 9. The molecule has 0 amide bonds. The second-order valence-corrected chi connectivity index (χ2v) is 9.16. The Bertz CT molecular complexity index is 1340. The van der Waals surface area contributed by atoms with Gasteiger partial charge in [0.2, 0.25) is 0 Å². The van der Waals surface area contributed by atoms with E-state index in [0.717, 1.165) is 16.7 Å². The Hall–Kier alpha value is -3.46. The number of anilines is 1. The molecule has 0 radical (unpaired) electrons. The van der Waals surface area contributed by atoms with Crippen LogP contribution in [0.25, 0.3) is 16.6 Å². The smallest absolute Gasteiger partial charge is 0.326 e. The quantitative estimate of drug-likeness (QED) is 0.313. The first kappa shape index (κ1) is 22.3. The van der Waals surface area contributed by atoms with Gasteiger partial charge in [-0.15, -0.1) is 0 Å². The molecule has 0 spiro atoms. The van der Waals surface area contributed by atoms with Crippen molar-refractivity contribution < 1.29 is 19.0 Å². The molecule has 1 saturated carbocycles. The molecule has 2 aromatic carbocycles. The second kappa shape index (κ2) is 9.42. The maximum atomic E-state index is 13.4. The molecule has 2 N–H and O–H groups in total. The third-order valence-corrected chi connectivity index (χ3v) is 6.65. The number of carboxylic acid groups (broad SMARTS) is 1. The van der Waals surface area contributed by atoms with Gasteiger partial charge in [0.1, 0.15) is 29.5 Å². The van der Waals surface area contributed by atoms with Gasteiger partial charge in [0.25, 0.3) is 0 Å². The van der Waals surface area contributed by atoms with Crippen molar-refractivity contribution >= 4 is 33.2 Å². The lowest BCUT2D eigenvalue weighted by Gasteiger charge is -2.18. The number of halogens is 2. The van der Waals surface area contributed by atoms with Gasteiger partial charge in [-0.2, -0.15) is 5.10 Å². The lowest BCUT2D eigenvalue weighted by molar-refractivity contribution is -0.137. The SMILES string of the molecule is O=C(O)[C@@H](Cc1ccccc1OCC1CC1)Nc1ncnn2cc(-c3ccc(F)cc3)c(Br)c12. The van der Waals surface area contributed by atoms with Crippen molar-refractivity contribution in [2.75, 3.05) is 11.9 Å². The summed E-state index contributed by atoms with van der Waals surface area (Å²) in [6, 6.07) is 12.7. The molecular formula is C25H22BrFN4O3. The van der Waals surface area contributed by atoms with Crippen LogP contribution in [0.2, 0.25) is 0 Å². The topological polar surface area (TPSA) is 88.8 Å². The fourth-order valence-electron chi connectivity index (χ4n) is 3.80. The molecule has 1 aliphatic carbocycles. The van der Waals surface area contributed by atoms with E-state index in [1.54, 1.807) is 22.8 Å². The normalized spacial score (nSPS) is 14.2. The van der Waals surface area contributed by atoms with E-state index >= 15 is 0 Å². The number of fused-ring (bicyclic) bond motifs is 1. The van der Waals surface area contributed by atoms with Crippen molar-refractivity contribution in [2.45, 2.75) is 25.3 Å². The van der Waals surface area contributed by atoms with Crippen LogP contribution in [0.5, 0.6) is 5.75 Å². The summed E-state index contributed by atoms with van der Waals surface area (Å²) < 4.78 is 21.6. The predicted molar refractivity (Wildman–Crippen MR) is 129 cm³/mol. The average molecular weight is 525 g/mol. The second-order valence-electron chi connectivity index (χ2n) is 8.37. The molecule has 0 saturated heterocycles. The standard InChI is InChI=1S/C25H22BrFN4O3/c26-22-19(16-7-9-18(27)10-8-16)12-31-23(22)24(28-14-29-31)30-20(25(32)33)11-17-3-1-2-4-21(17)34-13-15-5-6-15/h1-4,7-10,12,14-15,20H,5-6,11,13H2,(H,32,33)(H,28,29,30)/t20-/m1/s1. The Labute approximate surface area is 203 Å². The molecule has 174 valence electrons. The van der Waals surface area contributed by atoms with Crippen LogP contribution in [0.1, 0.15) is 18.4 Å². The molecule has 5 rings (SSSR count). The molecule has 1 aliphatic rings. The zero-order chi connectivity index (χ0) is 23.7. The molecule has 34 heavy (non-hydrogen) atoms. The van der Waals surface area contributed by atoms with Crippen molar-refractivity contribution in [2.24, 2.45) is 5.92 Å². The molecule has 0 unspecified atom stereocenters. The highest BCUT2D eigenvalue weighted by molar-refractivity contribution is 9.10. The zero-order valence-electron chi connectivity index (χ0n) is 18.1. The Morgan fingerprint density at radius 1 is 1.24 bits per heavy atom. The monoisotopic (exact) mass is 524 g/mol. The van der Waals surface area contributed by atoms with Crippen LogP contribution < -0.4 is 10.1 Å². The first-order valence-electron chi connectivity index (χ1n) is 11.0. The van der Waals surface area contributed by atoms with Gasteiger partial charge in [0, 0.05) is 18.2 Å². The molecule has 7 nitrogen and oxygen atoms in total. The van der Waals surface area contributed by atoms with Crippen LogP contribution in [0.3, 0.4) is 0 Å². The van der Waals surface area contributed by atoms with Crippen molar-refractivity contribution in [3.05, 3.63) is 76.9 Å². The summed E-state index contributed by atoms with van der Waals surface area (Å²) in [5.41, 5.74) is 2.98. The summed E-state index contributed by atoms with van der Waals surface area (Å²) in [5.74, 6) is 0.348. The van der Waals surface area contributed by atoms with Crippen LogP contribution in [0.4, 0.5) is 10.2 Å². The van der Waals surface area contributed by atoms with Gasteiger partial charge in [-0.05, 0) is 64.0 Å². The number of ether oxygens (including phenoxy) is 1. The number of nitrogens with zero attached hydrogens (tertiary/aromatic N) is 3. The van der Waals surface area contributed by atoms with Crippen LogP contribution in [-0.2, 0) is 11.2 Å². The molecule has 0 aliphatic heterocycles. The van der Waals surface area contributed by atoms with Gasteiger partial charge < -0.3 is 15.2 Å². The number of carboxylic acids is 1. The number of hydrogen-bond acceptors (Lipinski definition) is 5. The molecule has 2 aromatic heterocycles. The van der Waals surface area contributed by atoms with Gasteiger partial charge in [-0.25, -0.2) is 18.7 Å².